The van der Waals surface area contributed by atoms with Gasteiger partial charge in [-0.1, -0.05) is 32.4 Å². The molecule has 4 heteroatoms. The van der Waals surface area contributed by atoms with Gasteiger partial charge in [-0.3, -0.25) is 9.59 Å². The largest absolute Gasteiger partial charge is 0.462 e. The van der Waals surface area contributed by atoms with E-state index in [2.05, 4.69) is 26.8 Å². The molecule has 0 N–H and O–H groups in total. The van der Waals surface area contributed by atoms with Crippen molar-refractivity contribution in [2.75, 3.05) is 0 Å². The molecule has 4 aliphatic carbocycles. The van der Waals surface area contributed by atoms with Gasteiger partial charge in [-0.15, -0.1) is 0 Å². The highest BCUT2D eigenvalue weighted by Gasteiger charge is 2.60. The molecule has 0 unspecified atom stereocenters. The first kappa shape index (κ1) is 23.8. The van der Waals surface area contributed by atoms with E-state index in [1.807, 2.05) is 20.8 Å². The Hall–Kier alpha value is -1.32. The van der Waals surface area contributed by atoms with E-state index >= 15 is 0 Å². The van der Waals surface area contributed by atoms with E-state index < -0.39 is 5.60 Å². The van der Waals surface area contributed by atoms with Crippen LogP contribution in [0.4, 0.5) is 0 Å². The third kappa shape index (κ3) is 4.05. The molecule has 0 saturated heterocycles. The van der Waals surface area contributed by atoms with Crippen LogP contribution in [-0.4, -0.2) is 23.6 Å². The fourth-order valence-corrected chi connectivity index (χ4v) is 8.38. The Labute approximate surface area is 194 Å². The Morgan fingerprint density at radius 1 is 1.06 bits per heavy atom. The number of hydrogen-bond acceptors (Lipinski definition) is 4. The van der Waals surface area contributed by atoms with Crippen molar-refractivity contribution in [2.45, 2.75) is 112 Å². The van der Waals surface area contributed by atoms with Crippen LogP contribution >= 0.6 is 0 Å². The number of fused-ring (bicyclic) bond motifs is 5. The summed E-state index contributed by atoms with van der Waals surface area (Å²) in [6, 6.07) is 0. The van der Waals surface area contributed by atoms with Gasteiger partial charge in [-0.2, -0.15) is 0 Å². The van der Waals surface area contributed by atoms with Gasteiger partial charge in [0.05, 0.1) is 5.92 Å². The molecule has 4 rings (SSSR count). The van der Waals surface area contributed by atoms with Crippen LogP contribution in [0.5, 0.6) is 0 Å². The van der Waals surface area contributed by atoms with Crippen LogP contribution in [0.2, 0.25) is 0 Å². The highest BCUT2D eigenvalue weighted by molar-refractivity contribution is 5.73. The summed E-state index contributed by atoms with van der Waals surface area (Å²) in [7, 11) is 0. The summed E-state index contributed by atoms with van der Waals surface area (Å²) in [4.78, 5) is 24.4. The summed E-state index contributed by atoms with van der Waals surface area (Å²) in [5, 5.41) is 0. The van der Waals surface area contributed by atoms with Gasteiger partial charge in [0.15, 0.2) is 0 Å². The fourth-order valence-electron chi connectivity index (χ4n) is 8.38. The molecular weight excluding hydrogens is 400 g/mol. The number of hydrogen-bond donors (Lipinski definition) is 0. The number of carbonyl (C=O) groups is 2. The second-order valence-electron chi connectivity index (χ2n) is 12.8. The highest BCUT2D eigenvalue weighted by Crippen LogP contribution is 2.67. The number of carbonyl (C=O) groups excluding carboxylic acids is 2. The van der Waals surface area contributed by atoms with Crippen LogP contribution in [0.3, 0.4) is 0 Å². The van der Waals surface area contributed by atoms with Crippen molar-refractivity contribution in [3.8, 4) is 0 Å². The lowest BCUT2D eigenvalue weighted by molar-refractivity contribution is -0.164. The van der Waals surface area contributed by atoms with Crippen LogP contribution in [0.15, 0.2) is 11.6 Å². The average molecular weight is 445 g/mol. The molecular formula is C28H44O4. The topological polar surface area (TPSA) is 52.6 Å². The summed E-state index contributed by atoms with van der Waals surface area (Å²) in [6.07, 6.45) is 11.6. The van der Waals surface area contributed by atoms with E-state index in [-0.39, 0.29) is 34.8 Å². The maximum atomic E-state index is 12.9. The zero-order valence-electron chi connectivity index (χ0n) is 21.3. The van der Waals surface area contributed by atoms with E-state index in [1.165, 1.54) is 31.8 Å². The third-order valence-corrected chi connectivity index (χ3v) is 9.85. The minimum absolute atomic E-state index is 0.0203. The second kappa shape index (κ2) is 8.17. The van der Waals surface area contributed by atoms with Crippen LogP contribution < -0.4 is 0 Å². The van der Waals surface area contributed by atoms with Gasteiger partial charge in [0, 0.05) is 13.3 Å². The van der Waals surface area contributed by atoms with Crippen LogP contribution in [0, 0.1) is 40.4 Å². The van der Waals surface area contributed by atoms with Gasteiger partial charge in [-0.25, -0.2) is 0 Å². The summed E-state index contributed by atoms with van der Waals surface area (Å²) < 4.78 is 11.4. The molecule has 8 atom stereocenters. The van der Waals surface area contributed by atoms with Crippen molar-refractivity contribution in [1.29, 1.82) is 0 Å². The summed E-state index contributed by atoms with van der Waals surface area (Å²) in [5.74, 6) is 2.33. The van der Waals surface area contributed by atoms with Gasteiger partial charge in [0.25, 0.3) is 0 Å². The molecule has 3 saturated carbocycles. The number of ether oxygens (including phenoxy) is 2. The number of allylic oxidation sites excluding steroid dienone is 1. The smallest absolute Gasteiger partial charge is 0.309 e. The monoisotopic (exact) mass is 444 g/mol. The van der Waals surface area contributed by atoms with Crippen molar-refractivity contribution in [1.82, 2.24) is 0 Å². The standard InChI is InChI=1S/C28H44O4/c1-17(25(30)32-26(3,4)5)22-10-11-23-21-9-8-19-16-20(31-18(2)29)12-14-27(19,6)24(21)13-15-28(22,23)7/h8,17,20-24H,9-16H2,1-7H3/t17-,20-,21+,22-,23+,24+,27+,28-/m1/s1. The van der Waals surface area contributed by atoms with Crippen molar-refractivity contribution >= 4 is 11.9 Å². The molecule has 0 aliphatic heterocycles. The normalized spacial score (nSPS) is 42.1. The lowest BCUT2D eigenvalue weighted by atomic mass is 9.47. The molecule has 0 aromatic rings. The molecule has 0 spiro atoms. The molecule has 0 aromatic heterocycles. The molecule has 3 fully saturated rings. The summed E-state index contributed by atoms with van der Waals surface area (Å²) in [6.45, 7) is 14.5. The Kier molecular flexibility index (Phi) is 6.08. The maximum absolute atomic E-state index is 12.9. The highest BCUT2D eigenvalue weighted by atomic mass is 16.6. The Bertz CT molecular complexity index is 792. The van der Waals surface area contributed by atoms with Crippen molar-refractivity contribution < 1.29 is 19.1 Å². The minimum Gasteiger partial charge on any atom is -0.462 e. The average Bonchev–Trinajstić information content (AvgIpc) is 3.03. The number of esters is 2. The van der Waals surface area contributed by atoms with E-state index in [1.54, 1.807) is 0 Å². The van der Waals surface area contributed by atoms with E-state index in [9.17, 15) is 9.59 Å². The van der Waals surface area contributed by atoms with Gasteiger partial charge in [0.2, 0.25) is 0 Å². The molecule has 0 amide bonds. The zero-order chi connectivity index (χ0) is 23.5. The molecule has 0 radical (unpaired) electrons. The molecule has 4 aliphatic rings. The van der Waals surface area contributed by atoms with Crippen LogP contribution in [-0.2, 0) is 19.1 Å². The molecule has 0 aromatic carbocycles. The Balaban J connectivity index is 1.52. The fraction of sp³-hybridized carbons (Fsp3) is 0.857. The quantitative estimate of drug-likeness (QED) is 0.369. The van der Waals surface area contributed by atoms with Crippen LogP contribution in [0.1, 0.15) is 99.8 Å². The molecule has 0 heterocycles. The SMILES string of the molecule is CC(=O)O[C@@H]1CC[C@@]2(C)C(=CC[C@H]3[C@@H]4CC[C@H]([C@@H](C)C(=O)OC(C)(C)C)[C@@]4(C)CC[C@@H]32)C1. The van der Waals surface area contributed by atoms with E-state index in [4.69, 9.17) is 9.47 Å². The van der Waals surface area contributed by atoms with Gasteiger partial charge in [-0.05, 0) is 100 Å². The van der Waals surface area contributed by atoms with Crippen molar-refractivity contribution in [3.05, 3.63) is 11.6 Å². The van der Waals surface area contributed by atoms with Gasteiger partial charge >= 0.3 is 11.9 Å². The van der Waals surface area contributed by atoms with Gasteiger partial charge < -0.3 is 9.47 Å². The molecule has 180 valence electrons. The minimum atomic E-state index is -0.425. The number of rotatable bonds is 3. The van der Waals surface area contributed by atoms with Gasteiger partial charge in [0.1, 0.15) is 11.7 Å². The molecule has 4 nitrogen and oxygen atoms in total. The summed E-state index contributed by atoms with van der Waals surface area (Å²) >= 11 is 0. The summed E-state index contributed by atoms with van der Waals surface area (Å²) in [5.41, 5.74) is 1.59. The first-order valence-corrected chi connectivity index (χ1v) is 12.9. The lowest BCUT2D eigenvalue weighted by Crippen LogP contribution is -2.51. The Morgan fingerprint density at radius 2 is 1.78 bits per heavy atom. The van der Waals surface area contributed by atoms with E-state index in [0.29, 0.717) is 17.8 Å². The van der Waals surface area contributed by atoms with E-state index in [0.717, 1.165) is 38.0 Å². The first-order chi connectivity index (χ1) is 14.8. The molecule has 0 bridgehead atoms. The van der Waals surface area contributed by atoms with Crippen molar-refractivity contribution in [3.63, 3.8) is 0 Å². The van der Waals surface area contributed by atoms with Crippen molar-refractivity contribution in [2.24, 2.45) is 40.4 Å². The predicted molar refractivity (Wildman–Crippen MR) is 126 cm³/mol. The second-order valence-corrected chi connectivity index (χ2v) is 12.8. The van der Waals surface area contributed by atoms with Crippen LogP contribution in [0.25, 0.3) is 0 Å². The Morgan fingerprint density at radius 3 is 2.44 bits per heavy atom. The molecule has 32 heavy (non-hydrogen) atoms. The zero-order valence-corrected chi connectivity index (χ0v) is 21.3. The first-order valence-electron chi connectivity index (χ1n) is 12.9. The maximum Gasteiger partial charge on any atom is 0.309 e. The predicted octanol–water partition coefficient (Wildman–Crippen LogP) is 6.47. The lowest BCUT2D eigenvalue weighted by Gasteiger charge is -2.58. The third-order valence-electron chi connectivity index (χ3n) is 9.85.